The first-order valence-electron chi connectivity index (χ1n) is 7.42. The van der Waals surface area contributed by atoms with Crippen molar-refractivity contribution in [3.63, 3.8) is 0 Å². The van der Waals surface area contributed by atoms with Crippen molar-refractivity contribution >= 4 is 5.69 Å². The van der Waals surface area contributed by atoms with Crippen LogP contribution in [0.2, 0.25) is 0 Å². The van der Waals surface area contributed by atoms with Crippen LogP contribution in [0.1, 0.15) is 18.1 Å². The van der Waals surface area contributed by atoms with Crippen LogP contribution in [0.25, 0.3) is 0 Å². The zero-order valence-electron chi connectivity index (χ0n) is 12.3. The third kappa shape index (κ3) is 3.45. The average Bonchev–Trinajstić information content (AvgIpc) is 2.97. The van der Waals surface area contributed by atoms with E-state index in [-0.39, 0.29) is 0 Å². The molecule has 0 saturated heterocycles. The summed E-state index contributed by atoms with van der Waals surface area (Å²) < 4.78 is 10.8. The Kier molecular flexibility index (Phi) is 4.24. The number of nitrogens with one attached hydrogen (secondary N) is 1. The van der Waals surface area contributed by atoms with Gasteiger partial charge in [-0.25, -0.2) is 4.98 Å². The Balaban J connectivity index is 1.51. The molecule has 0 amide bonds. The lowest BCUT2D eigenvalue weighted by Crippen LogP contribution is -2.05. The molecular formula is C17H20N2O2. The second-order valence-corrected chi connectivity index (χ2v) is 5.04. The molecule has 2 heterocycles. The topological polar surface area (TPSA) is 43.4 Å². The predicted octanol–water partition coefficient (Wildman–Crippen LogP) is 3.07. The van der Waals surface area contributed by atoms with Crippen LogP contribution in [0.5, 0.6) is 11.6 Å². The van der Waals surface area contributed by atoms with Crippen molar-refractivity contribution in [3.8, 4) is 11.6 Å². The number of benzene rings is 1. The zero-order valence-corrected chi connectivity index (χ0v) is 12.3. The van der Waals surface area contributed by atoms with E-state index >= 15 is 0 Å². The predicted molar refractivity (Wildman–Crippen MR) is 83.2 cm³/mol. The van der Waals surface area contributed by atoms with E-state index in [4.69, 9.17) is 9.47 Å². The molecule has 0 radical (unpaired) electrons. The minimum absolute atomic E-state index is 0.641. The molecule has 0 fully saturated rings. The second-order valence-electron chi connectivity index (χ2n) is 5.04. The lowest BCUT2D eigenvalue weighted by molar-refractivity contribution is 0.327. The molecule has 4 nitrogen and oxygen atoms in total. The van der Waals surface area contributed by atoms with Gasteiger partial charge in [0.25, 0.3) is 0 Å². The molecule has 0 aliphatic carbocycles. The first-order chi connectivity index (χ1) is 10.3. The van der Waals surface area contributed by atoms with E-state index in [1.54, 1.807) is 0 Å². The largest absolute Gasteiger partial charge is 0.493 e. The number of rotatable bonds is 6. The lowest BCUT2D eigenvalue weighted by atomic mass is 10.1. The van der Waals surface area contributed by atoms with Crippen LogP contribution in [-0.2, 0) is 12.8 Å². The highest BCUT2D eigenvalue weighted by molar-refractivity contribution is 5.43. The number of hydrogen-bond donors (Lipinski definition) is 1. The van der Waals surface area contributed by atoms with Gasteiger partial charge in [-0.2, -0.15) is 0 Å². The molecule has 21 heavy (non-hydrogen) atoms. The Bertz CT molecular complexity index is 596. The van der Waals surface area contributed by atoms with E-state index in [1.807, 2.05) is 25.3 Å². The first-order valence-corrected chi connectivity index (χ1v) is 7.42. The number of ether oxygens (including phenoxy) is 2. The van der Waals surface area contributed by atoms with E-state index in [0.717, 1.165) is 37.4 Å². The molecule has 0 bridgehead atoms. The van der Waals surface area contributed by atoms with Gasteiger partial charge in [0.05, 0.1) is 25.1 Å². The van der Waals surface area contributed by atoms with Crippen LogP contribution >= 0.6 is 0 Å². The number of pyridine rings is 1. The summed E-state index contributed by atoms with van der Waals surface area (Å²) in [6, 6.07) is 10.4. The van der Waals surface area contributed by atoms with Gasteiger partial charge < -0.3 is 14.8 Å². The van der Waals surface area contributed by atoms with Crippen LogP contribution in [0, 0.1) is 0 Å². The number of nitrogens with zero attached hydrogens (tertiary/aromatic N) is 1. The summed E-state index contributed by atoms with van der Waals surface area (Å²) in [6.07, 6.45) is 3.82. The number of anilines is 1. The highest BCUT2D eigenvalue weighted by Gasteiger charge is 2.11. The monoisotopic (exact) mass is 284 g/mol. The van der Waals surface area contributed by atoms with Crippen LogP contribution in [-0.4, -0.2) is 24.7 Å². The Hall–Kier alpha value is -2.23. The Morgan fingerprint density at radius 3 is 3.05 bits per heavy atom. The van der Waals surface area contributed by atoms with Gasteiger partial charge in [-0.3, -0.25) is 0 Å². The molecular weight excluding hydrogens is 264 g/mol. The molecule has 110 valence electrons. The van der Waals surface area contributed by atoms with Gasteiger partial charge >= 0.3 is 0 Å². The SMILES string of the molecule is CCOc1ccc(NCCc2ccc3c(c2)CCO3)cn1. The van der Waals surface area contributed by atoms with Gasteiger partial charge in [0.1, 0.15) is 5.75 Å². The number of hydrogen-bond acceptors (Lipinski definition) is 4. The number of fused-ring (bicyclic) bond motifs is 1. The smallest absolute Gasteiger partial charge is 0.213 e. The third-order valence-electron chi connectivity index (χ3n) is 3.53. The van der Waals surface area contributed by atoms with E-state index < -0.39 is 0 Å². The number of aromatic nitrogens is 1. The molecule has 3 rings (SSSR count). The molecule has 0 spiro atoms. The van der Waals surface area contributed by atoms with Crippen LogP contribution in [0.4, 0.5) is 5.69 Å². The summed E-state index contributed by atoms with van der Waals surface area (Å²) in [7, 11) is 0. The van der Waals surface area contributed by atoms with Crippen LogP contribution in [0.3, 0.4) is 0 Å². The molecule has 1 aliphatic rings. The van der Waals surface area contributed by atoms with Crippen molar-refractivity contribution in [1.82, 2.24) is 4.98 Å². The molecule has 1 aromatic heterocycles. The van der Waals surface area contributed by atoms with E-state index in [0.29, 0.717) is 12.5 Å². The van der Waals surface area contributed by atoms with Crippen molar-refractivity contribution < 1.29 is 9.47 Å². The standard InChI is InChI=1S/C17H20N2O2/c1-2-20-17-6-4-15(12-19-17)18-9-7-13-3-5-16-14(11-13)8-10-21-16/h3-6,11-12,18H,2,7-10H2,1H3. The molecule has 1 aromatic carbocycles. The summed E-state index contributed by atoms with van der Waals surface area (Å²) in [5, 5.41) is 3.38. The Labute approximate surface area is 125 Å². The highest BCUT2D eigenvalue weighted by atomic mass is 16.5. The Morgan fingerprint density at radius 1 is 1.29 bits per heavy atom. The third-order valence-corrected chi connectivity index (χ3v) is 3.53. The summed E-state index contributed by atoms with van der Waals surface area (Å²) in [5.74, 6) is 1.71. The summed E-state index contributed by atoms with van der Waals surface area (Å²) in [6.45, 7) is 4.29. The minimum Gasteiger partial charge on any atom is -0.493 e. The fourth-order valence-corrected chi connectivity index (χ4v) is 2.46. The van der Waals surface area contributed by atoms with Crippen molar-refractivity contribution in [1.29, 1.82) is 0 Å². The quantitative estimate of drug-likeness (QED) is 0.885. The Morgan fingerprint density at radius 2 is 2.24 bits per heavy atom. The van der Waals surface area contributed by atoms with Crippen molar-refractivity contribution in [2.75, 3.05) is 25.1 Å². The van der Waals surface area contributed by atoms with Crippen LogP contribution in [0.15, 0.2) is 36.5 Å². The molecule has 2 aromatic rings. The van der Waals surface area contributed by atoms with Gasteiger partial charge in [0.15, 0.2) is 0 Å². The maximum absolute atomic E-state index is 5.52. The minimum atomic E-state index is 0.641. The lowest BCUT2D eigenvalue weighted by Gasteiger charge is -2.08. The second kappa shape index (κ2) is 6.48. The highest BCUT2D eigenvalue weighted by Crippen LogP contribution is 2.26. The average molecular weight is 284 g/mol. The maximum Gasteiger partial charge on any atom is 0.213 e. The van der Waals surface area contributed by atoms with Gasteiger partial charge in [0.2, 0.25) is 5.88 Å². The molecule has 0 saturated carbocycles. The van der Waals surface area contributed by atoms with E-state index in [1.165, 1.54) is 11.1 Å². The fourth-order valence-electron chi connectivity index (χ4n) is 2.46. The van der Waals surface area contributed by atoms with Crippen molar-refractivity contribution in [3.05, 3.63) is 47.7 Å². The van der Waals surface area contributed by atoms with Gasteiger partial charge in [0, 0.05) is 19.0 Å². The summed E-state index contributed by atoms with van der Waals surface area (Å²) in [5.41, 5.74) is 3.68. The van der Waals surface area contributed by atoms with Crippen LogP contribution < -0.4 is 14.8 Å². The molecule has 1 aliphatic heterocycles. The van der Waals surface area contributed by atoms with Crippen molar-refractivity contribution in [2.45, 2.75) is 19.8 Å². The first kappa shape index (κ1) is 13.7. The molecule has 1 N–H and O–H groups in total. The fraction of sp³-hybridized carbons (Fsp3) is 0.353. The van der Waals surface area contributed by atoms with Crippen molar-refractivity contribution in [2.24, 2.45) is 0 Å². The molecule has 0 atom stereocenters. The molecule has 0 unspecified atom stereocenters. The normalized spacial score (nSPS) is 12.6. The van der Waals surface area contributed by atoms with Gasteiger partial charge in [-0.15, -0.1) is 0 Å². The zero-order chi connectivity index (χ0) is 14.5. The van der Waals surface area contributed by atoms with Gasteiger partial charge in [-0.05, 0) is 36.6 Å². The summed E-state index contributed by atoms with van der Waals surface area (Å²) in [4.78, 5) is 4.24. The van der Waals surface area contributed by atoms with E-state index in [2.05, 4.69) is 28.5 Å². The molecule has 4 heteroatoms. The maximum atomic E-state index is 5.52. The summed E-state index contributed by atoms with van der Waals surface area (Å²) >= 11 is 0. The van der Waals surface area contributed by atoms with Gasteiger partial charge in [-0.1, -0.05) is 12.1 Å². The van der Waals surface area contributed by atoms with E-state index in [9.17, 15) is 0 Å².